The highest BCUT2D eigenvalue weighted by molar-refractivity contribution is 5.25. The number of rotatable bonds is 5. The molecule has 0 unspecified atom stereocenters. The van der Waals surface area contributed by atoms with Gasteiger partial charge in [0.15, 0.2) is 0 Å². The molecule has 2 nitrogen and oxygen atoms in total. The van der Waals surface area contributed by atoms with E-state index in [4.69, 9.17) is 0 Å². The Balaban J connectivity index is 1.50. The largest absolute Gasteiger partial charge is 0.393 e. The maximum atomic E-state index is 10.8. The summed E-state index contributed by atoms with van der Waals surface area (Å²) in [4.78, 5) is 0. The minimum absolute atomic E-state index is 0.105. The van der Waals surface area contributed by atoms with Gasteiger partial charge in [-0.15, -0.1) is 0 Å². The van der Waals surface area contributed by atoms with Crippen LogP contribution >= 0.6 is 0 Å². The molecule has 30 heavy (non-hydrogen) atoms. The zero-order valence-electron chi connectivity index (χ0n) is 20.5. The maximum absolute atomic E-state index is 10.8. The van der Waals surface area contributed by atoms with Crippen molar-refractivity contribution in [3.63, 3.8) is 0 Å². The van der Waals surface area contributed by atoms with Gasteiger partial charge in [-0.2, -0.15) is 0 Å². The van der Waals surface area contributed by atoms with Crippen molar-refractivity contribution in [2.75, 3.05) is 0 Å². The molecule has 10 atom stereocenters. The molecule has 0 radical (unpaired) electrons. The van der Waals surface area contributed by atoms with Crippen molar-refractivity contribution < 1.29 is 10.2 Å². The van der Waals surface area contributed by atoms with Crippen molar-refractivity contribution in [1.82, 2.24) is 0 Å². The van der Waals surface area contributed by atoms with Gasteiger partial charge >= 0.3 is 0 Å². The van der Waals surface area contributed by atoms with E-state index in [1.807, 2.05) is 0 Å². The molecule has 0 heterocycles. The average Bonchev–Trinajstić information content (AvgIpc) is 3.05. The molecule has 4 aliphatic carbocycles. The fourth-order valence-corrected chi connectivity index (χ4v) is 8.82. The molecule has 3 saturated carbocycles. The molecule has 0 aliphatic heterocycles. The highest BCUT2D eigenvalue weighted by atomic mass is 16.3. The molecule has 0 bridgehead atoms. The van der Waals surface area contributed by atoms with Crippen molar-refractivity contribution in [3.8, 4) is 0 Å². The van der Waals surface area contributed by atoms with Crippen molar-refractivity contribution >= 4 is 0 Å². The SMILES string of the molecule is CC(C)[C@@H](C)[C@@H](O)C[C@@H](C)[C@H]1CC[C@H]2[C@@H]3CC=C4C[C@@H](O)CC[C@]4(C)[C@H]3CC[C@]12C. The van der Waals surface area contributed by atoms with E-state index in [1.165, 1.54) is 38.5 Å². The van der Waals surface area contributed by atoms with Crippen LogP contribution in [0.5, 0.6) is 0 Å². The summed E-state index contributed by atoms with van der Waals surface area (Å²) in [7, 11) is 0. The van der Waals surface area contributed by atoms with Gasteiger partial charge in [-0.3, -0.25) is 0 Å². The first-order chi connectivity index (χ1) is 14.1. The second kappa shape index (κ2) is 8.22. The van der Waals surface area contributed by atoms with Crippen molar-refractivity contribution in [1.29, 1.82) is 0 Å². The van der Waals surface area contributed by atoms with Crippen LogP contribution in [-0.2, 0) is 0 Å². The van der Waals surface area contributed by atoms with Gasteiger partial charge in [0.05, 0.1) is 12.2 Å². The lowest BCUT2D eigenvalue weighted by atomic mass is 9.47. The summed E-state index contributed by atoms with van der Waals surface area (Å²) in [6.45, 7) is 14.3. The Hall–Kier alpha value is -0.340. The molecule has 4 rings (SSSR count). The summed E-state index contributed by atoms with van der Waals surface area (Å²) >= 11 is 0. The Morgan fingerprint density at radius 3 is 2.43 bits per heavy atom. The van der Waals surface area contributed by atoms with Gasteiger partial charge in [-0.05, 0) is 110 Å². The van der Waals surface area contributed by atoms with Gasteiger partial charge in [0.2, 0.25) is 0 Å². The minimum atomic E-state index is -0.160. The summed E-state index contributed by atoms with van der Waals surface area (Å²) in [6, 6.07) is 0. The van der Waals surface area contributed by atoms with Gasteiger partial charge in [0.1, 0.15) is 0 Å². The molecule has 0 aromatic carbocycles. The van der Waals surface area contributed by atoms with Crippen LogP contribution in [0.15, 0.2) is 11.6 Å². The van der Waals surface area contributed by atoms with Crippen LogP contribution in [0.2, 0.25) is 0 Å². The van der Waals surface area contributed by atoms with Gasteiger partial charge in [-0.25, -0.2) is 0 Å². The summed E-state index contributed by atoms with van der Waals surface area (Å²) in [5.74, 6) is 4.83. The van der Waals surface area contributed by atoms with Gasteiger partial charge in [-0.1, -0.05) is 53.2 Å². The van der Waals surface area contributed by atoms with Gasteiger partial charge < -0.3 is 10.2 Å². The van der Waals surface area contributed by atoms with Crippen LogP contribution in [0.4, 0.5) is 0 Å². The molecule has 0 saturated heterocycles. The van der Waals surface area contributed by atoms with Crippen LogP contribution < -0.4 is 0 Å². The number of hydrogen-bond donors (Lipinski definition) is 2. The monoisotopic (exact) mass is 416 g/mol. The van der Waals surface area contributed by atoms with E-state index in [0.29, 0.717) is 28.6 Å². The number of aliphatic hydroxyl groups excluding tert-OH is 2. The lowest BCUT2D eigenvalue weighted by molar-refractivity contribution is -0.0609. The molecule has 0 aromatic heterocycles. The molecule has 2 N–H and O–H groups in total. The van der Waals surface area contributed by atoms with Crippen LogP contribution in [-0.4, -0.2) is 22.4 Å². The fourth-order valence-electron chi connectivity index (χ4n) is 8.82. The number of hydrogen-bond acceptors (Lipinski definition) is 2. The van der Waals surface area contributed by atoms with Crippen molar-refractivity contribution in [3.05, 3.63) is 11.6 Å². The van der Waals surface area contributed by atoms with E-state index < -0.39 is 0 Å². The Morgan fingerprint density at radius 2 is 1.73 bits per heavy atom. The van der Waals surface area contributed by atoms with E-state index in [9.17, 15) is 10.2 Å². The van der Waals surface area contributed by atoms with Crippen LogP contribution in [0, 0.1) is 52.3 Å². The highest BCUT2D eigenvalue weighted by Crippen LogP contribution is 2.67. The lowest BCUT2D eigenvalue weighted by Crippen LogP contribution is -2.51. The van der Waals surface area contributed by atoms with Crippen molar-refractivity contribution in [2.24, 2.45) is 52.3 Å². The number of aliphatic hydroxyl groups is 2. The third kappa shape index (κ3) is 3.62. The van der Waals surface area contributed by atoms with E-state index >= 15 is 0 Å². The van der Waals surface area contributed by atoms with Crippen LogP contribution in [0.3, 0.4) is 0 Å². The normalized spacial score (nSPS) is 46.4. The first kappa shape index (κ1) is 22.8. The zero-order valence-corrected chi connectivity index (χ0v) is 20.5. The number of allylic oxidation sites excluding steroid dienone is 1. The molecule has 0 spiro atoms. The smallest absolute Gasteiger partial charge is 0.0577 e. The van der Waals surface area contributed by atoms with E-state index in [1.54, 1.807) is 5.57 Å². The number of fused-ring (bicyclic) bond motifs is 5. The zero-order chi connectivity index (χ0) is 21.8. The van der Waals surface area contributed by atoms with Crippen LogP contribution in [0.1, 0.15) is 99.3 Å². The molecule has 3 fully saturated rings. The van der Waals surface area contributed by atoms with E-state index in [2.05, 4.69) is 47.6 Å². The average molecular weight is 417 g/mol. The second-order valence-electron chi connectivity index (χ2n) is 12.8. The minimum Gasteiger partial charge on any atom is -0.393 e. The topological polar surface area (TPSA) is 40.5 Å². The molecular formula is C28H48O2. The summed E-state index contributed by atoms with van der Waals surface area (Å²) in [5.41, 5.74) is 2.38. The Labute approximate surface area is 185 Å². The molecule has 0 amide bonds. The molecule has 2 heteroatoms. The summed E-state index contributed by atoms with van der Waals surface area (Å²) in [6.07, 6.45) is 13.1. The standard InChI is InChI=1S/C28H48O2/c1-17(2)19(4)26(30)15-18(3)23-9-10-24-22-8-7-20-16-21(29)11-13-27(20,5)25(22)12-14-28(23,24)6/h7,17-19,21-26,29-30H,8-16H2,1-6H3/t18-,19-,21+,22+,23-,24+,25+,26+,27+,28-/m1/s1. The molecule has 0 aromatic rings. The quantitative estimate of drug-likeness (QED) is 0.495. The fraction of sp³-hybridized carbons (Fsp3) is 0.929. The Morgan fingerprint density at radius 1 is 1.00 bits per heavy atom. The van der Waals surface area contributed by atoms with Gasteiger partial charge in [0.25, 0.3) is 0 Å². The van der Waals surface area contributed by atoms with Gasteiger partial charge in [0, 0.05) is 0 Å². The highest BCUT2D eigenvalue weighted by Gasteiger charge is 2.59. The Bertz CT molecular complexity index is 653. The summed E-state index contributed by atoms with van der Waals surface area (Å²) < 4.78 is 0. The first-order valence-electron chi connectivity index (χ1n) is 13.1. The lowest BCUT2D eigenvalue weighted by Gasteiger charge is -2.58. The third-order valence-electron chi connectivity index (χ3n) is 11.1. The van der Waals surface area contributed by atoms with E-state index in [-0.39, 0.29) is 12.2 Å². The van der Waals surface area contributed by atoms with Crippen molar-refractivity contribution in [2.45, 2.75) is 112 Å². The third-order valence-corrected chi connectivity index (χ3v) is 11.1. The predicted molar refractivity (Wildman–Crippen MR) is 125 cm³/mol. The maximum Gasteiger partial charge on any atom is 0.0577 e. The predicted octanol–water partition coefficient (Wildman–Crippen LogP) is 6.61. The summed E-state index contributed by atoms with van der Waals surface area (Å²) in [5, 5.41) is 21.1. The van der Waals surface area contributed by atoms with E-state index in [0.717, 1.165) is 42.9 Å². The van der Waals surface area contributed by atoms with Crippen LogP contribution in [0.25, 0.3) is 0 Å². The molecule has 172 valence electrons. The Kier molecular flexibility index (Phi) is 6.26. The molecule has 4 aliphatic rings. The molecular weight excluding hydrogens is 368 g/mol. The first-order valence-corrected chi connectivity index (χ1v) is 13.1. The second-order valence-corrected chi connectivity index (χ2v) is 12.8.